The quantitative estimate of drug-likeness (QED) is 0.941. The normalized spacial score (nSPS) is 10.8. The summed E-state index contributed by atoms with van der Waals surface area (Å²) >= 11 is 3.49. The van der Waals surface area contributed by atoms with Gasteiger partial charge in [0.1, 0.15) is 0 Å². The number of benzene rings is 1. The zero-order valence-corrected chi connectivity index (χ0v) is 12.4. The summed E-state index contributed by atoms with van der Waals surface area (Å²) in [5.41, 5.74) is 10.3. The number of hydrogen-bond acceptors (Lipinski definition) is 2. The lowest BCUT2D eigenvalue weighted by Gasteiger charge is -2.07. The fourth-order valence-electron chi connectivity index (χ4n) is 2.14. The smallest absolute Gasteiger partial charge is 0.0854 e. The van der Waals surface area contributed by atoms with E-state index >= 15 is 0 Å². The van der Waals surface area contributed by atoms with Crippen LogP contribution in [0.3, 0.4) is 0 Å². The van der Waals surface area contributed by atoms with Crippen LogP contribution in [-0.4, -0.2) is 9.78 Å². The first-order valence-corrected chi connectivity index (χ1v) is 7.03. The van der Waals surface area contributed by atoms with Crippen LogP contribution < -0.4 is 5.73 Å². The van der Waals surface area contributed by atoms with Gasteiger partial charge in [0.15, 0.2) is 0 Å². The van der Waals surface area contributed by atoms with Crippen molar-refractivity contribution < 1.29 is 0 Å². The first-order chi connectivity index (χ1) is 8.65. The van der Waals surface area contributed by atoms with Gasteiger partial charge >= 0.3 is 0 Å². The number of halogens is 1. The molecule has 0 unspecified atom stereocenters. The molecule has 2 rings (SSSR count). The maximum atomic E-state index is 6.12. The highest BCUT2D eigenvalue weighted by Crippen LogP contribution is 2.20. The first-order valence-electron chi connectivity index (χ1n) is 6.24. The molecule has 0 radical (unpaired) electrons. The van der Waals surface area contributed by atoms with Crippen molar-refractivity contribution in [3.05, 3.63) is 45.7 Å². The summed E-state index contributed by atoms with van der Waals surface area (Å²) in [5, 5.41) is 4.60. The molecule has 1 aromatic heterocycles. The van der Waals surface area contributed by atoms with Gasteiger partial charge < -0.3 is 5.73 Å². The minimum Gasteiger partial charge on any atom is -0.396 e. The highest BCUT2D eigenvalue weighted by Gasteiger charge is 2.12. The van der Waals surface area contributed by atoms with Crippen LogP contribution in [-0.2, 0) is 19.4 Å². The summed E-state index contributed by atoms with van der Waals surface area (Å²) in [6, 6.07) is 8.29. The fraction of sp³-hybridized carbons (Fsp3) is 0.357. The molecule has 0 aliphatic heterocycles. The van der Waals surface area contributed by atoms with E-state index in [0.29, 0.717) is 0 Å². The van der Waals surface area contributed by atoms with Gasteiger partial charge in [-0.2, -0.15) is 5.10 Å². The molecule has 96 valence electrons. The Morgan fingerprint density at radius 2 is 2.06 bits per heavy atom. The van der Waals surface area contributed by atoms with E-state index in [1.54, 1.807) is 0 Å². The molecule has 0 fully saturated rings. The molecular weight excluding hydrogens is 290 g/mol. The summed E-state index contributed by atoms with van der Waals surface area (Å²) in [6.45, 7) is 4.97. The monoisotopic (exact) mass is 307 g/mol. The minimum absolute atomic E-state index is 0.771. The molecule has 1 aromatic carbocycles. The first kappa shape index (κ1) is 13.1. The summed E-state index contributed by atoms with van der Waals surface area (Å²) in [6.07, 6.45) is 1.79. The molecule has 4 heteroatoms. The SMILES string of the molecule is CCc1nn(Cc2cccc(Br)c2)c(CC)c1N. The maximum absolute atomic E-state index is 6.12. The zero-order chi connectivity index (χ0) is 13.1. The Hall–Kier alpha value is -1.29. The van der Waals surface area contributed by atoms with Crippen LogP contribution in [0.5, 0.6) is 0 Å². The van der Waals surface area contributed by atoms with E-state index in [2.05, 4.69) is 47.0 Å². The second-order valence-corrected chi connectivity index (χ2v) is 5.22. The molecule has 0 amide bonds. The van der Waals surface area contributed by atoms with E-state index in [4.69, 9.17) is 5.73 Å². The van der Waals surface area contributed by atoms with E-state index in [0.717, 1.165) is 40.9 Å². The van der Waals surface area contributed by atoms with Gasteiger partial charge in [-0.05, 0) is 30.5 Å². The van der Waals surface area contributed by atoms with Gasteiger partial charge in [0.2, 0.25) is 0 Å². The fourth-order valence-corrected chi connectivity index (χ4v) is 2.59. The van der Waals surface area contributed by atoms with E-state index in [9.17, 15) is 0 Å². The largest absolute Gasteiger partial charge is 0.396 e. The molecule has 18 heavy (non-hydrogen) atoms. The second kappa shape index (κ2) is 5.57. The number of aromatic nitrogens is 2. The van der Waals surface area contributed by atoms with Crippen LogP contribution >= 0.6 is 15.9 Å². The summed E-state index contributed by atoms with van der Waals surface area (Å²) in [7, 11) is 0. The highest BCUT2D eigenvalue weighted by molar-refractivity contribution is 9.10. The van der Waals surface area contributed by atoms with Crippen molar-refractivity contribution >= 4 is 21.6 Å². The molecule has 2 aromatic rings. The number of aryl methyl sites for hydroxylation is 1. The number of hydrogen-bond donors (Lipinski definition) is 1. The molecule has 0 saturated carbocycles. The summed E-state index contributed by atoms with van der Waals surface area (Å²) in [4.78, 5) is 0. The number of anilines is 1. The Morgan fingerprint density at radius 3 is 2.67 bits per heavy atom. The molecule has 0 atom stereocenters. The van der Waals surface area contributed by atoms with Gasteiger partial charge in [0.05, 0.1) is 23.6 Å². The predicted molar refractivity (Wildman–Crippen MR) is 78.6 cm³/mol. The van der Waals surface area contributed by atoms with Crippen LogP contribution in [0.15, 0.2) is 28.7 Å². The predicted octanol–water partition coefficient (Wildman–Crippen LogP) is 3.40. The van der Waals surface area contributed by atoms with Crippen molar-refractivity contribution in [2.75, 3.05) is 5.73 Å². The molecule has 0 saturated heterocycles. The Kier molecular flexibility index (Phi) is 4.07. The standard InChI is InChI=1S/C14H18BrN3/c1-3-12-14(16)13(4-2)18(17-12)9-10-6-5-7-11(15)8-10/h5-8H,3-4,9,16H2,1-2H3. The Balaban J connectivity index is 2.34. The van der Waals surface area contributed by atoms with Gasteiger partial charge in [-0.1, -0.05) is 41.9 Å². The number of nitrogen functional groups attached to an aromatic ring is 1. The third-order valence-corrected chi connectivity index (χ3v) is 3.56. The number of nitrogens with two attached hydrogens (primary N) is 1. The number of rotatable bonds is 4. The second-order valence-electron chi connectivity index (χ2n) is 4.30. The van der Waals surface area contributed by atoms with Crippen LogP contribution in [0.4, 0.5) is 5.69 Å². The van der Waals surface area contributed by atoms with Crippen LogP contribution in [0.25, 0.3) is 0 Å². The Morgan fingerprint density at radius 1 is 1.28 bits per heavy atom. The third kappa shape index (κ3) is 2.58. The van der Waals surface area contributed by atoms with Crippen molar-refractivity contribution in [3.8, 4) is 0 Å². The van der Waals surface area contributed by atoms with Gasteiger partial charge in [0, 0.05) is 4.47 Å². The van der Waals surface area contributed by atoms with Crippen LogP contribution in [0.2, 0.25) is 0 Å². The summed E-state index contributed by atoms with van der Waals surface area (Å²) in [5.74, 6) is 0. The number of nitrogens with zero attached hydrogens (tertiary/aromatic N) is 2. The van der Waals surface area contributed by atoms with Crippen LogP contribution in [0, 0.1) is 0 Å². The Bertz CT molecular complexity index is 546. The lowest BCUT2D eigenvalue weighted by Crippen LogP contribution is -2.06. The van der Waals surface area contributed by atoms with E-state index in [-0.39, 0.29) is 0 Å². The lowest BCUT2D eigenvalue weighted by atomic mass is 10.2. The molecule has 3 nitrogen and oxygen atoms in total. The van der Waals surface area contributed by atoms with Crippen molar-refractivity contribution in [1.29, 1.82) is 0 Å². The van der Waals surface area contributed by atoms with E-state index in [1.807, 2.05) is 16.8 Å². The van der Waals surface area contributed by atoms with Crippen molar-refractivity contribution in [3.63, 3.8) is 0 Å². The minimum atomic E-state index is 0.771. The summed E-state index contributed by atoms with van der Waals surface area (Å²) < 4.78 is 3.12. The van der Waals surface area contributed by atoms with Crippen molar-refractivity contribution in [2.24, 2.45) is 0 Å². The molecule has 0 spiro atoms. The van der Waals surface area contributed by atoms with Gasteiger partial charge in [-0.15, -0.1) is 0 Å². The topological polar surface area (TPSA) is 43.8 Å². The maximum Gasteiger partial charge on any atom is 0.0854 e. The Labute approximate surface area is 116 Å². The zero-order valence-electron chi connectivity index (χ0n) is 10.8. The molecule has 0 aliphatic rings. The lowest BCUT2D eigenvalue weighted by molar-refractivity contribution is 0.640. The van der Waals surface area contributed by atoms with Gasteiger partial charge in [0.25, 0.3) is 0 Å². The van der Waals surface area contributed by atoms with E-state index < -0.39 is 0 Å². The van der Waals surface area contributed by atoms with Crippen LogP contribution in [0.1, 0.15) is 30.8 Å². The third-order valence-electron chi connectivity index (χ3n) is 3.07. The molecule has 1 heterocycles. The van der Waals surface area contributed by atoms with Crippen molar-refractivity contribution in [1.82, 2.24) is 9.78 Å². The average molecular weight is 308 g/mol. The van der Waals surface area contributed by atoms with E-state index in [1.165, 1.54) is 5.56 Å². The molecule has 0 bridgehead atoms. The molecular formula is C14H18BrN3. The van der Waals surface area contributed by atoms with Crippen molar-refractivity contribution in [2.45, 2.75) is 33.2 Å². The van der Waals surface area contributed by atoms with Gasteiger partial charge in [-0.3, -0.25) is 4.68 Å². The van der Waals surface area contributed by atoms with Gasteiger partial charge in [-0.25, -0.2) is 0 Å². The molecule has 0 aliphatic carbocycles. The molecule has 2 N–H and O–H groups in total. The average Bonchev–Trinajstić information content (AvgIpc) is 2.65. The highest BCUT2D eigenvalue weighted by atomic mass is 79.9.